The predicted molar refractivity (Wildman–Crippen MR) is 91.7 cm³/mol. The Balaban J connectivity index is 2.37. The summed E-state index contributed by atoms with van der Waals surface area (Å²) in [6.45, 7) is 2.28. The van der Waals surface area contributed by atoms with Gasteiger partial charge in [0.1, 0.15) is 0 Å². The van der Waals surface area contributed by atoms with Gasteiger partial charge in [0.2, 0.25) is 5.88 Å². The third kappa shape index (κ3) is 3.96. The van der Waals surface area contributed by atoms with E-state index in [4.69, 9.17) is 25.8 Å². The number of esters is 1. The molecule has 1 aliphatic rings. The van der Waals surface area contributed by atoms with Crippen LogP contribution in [0.15, 0.2) is 35.1 Å². The van der Waals surface area contributed by atoms with Crippen molar-refractivity contribution in [1.29, 1.82) is 0 Å². The number of carbonyl (C=O) groups is 2. The molecule has 130 valence electrons. The molecule has 1 aliphatic heterocycles. The highest BCUT2D eigenvalue weighted by Gasteiger charge is 2.37. The number of ether oxygens (including phenoxy) is 3. The van der Waals surface area contributed by atoms with E-state index in [1.54, 1.807) is 36.1 Å². The number of benzene rings is 1. The van der Waals surface area contributed by atoms with Crippen molar-refractivity contribution < 1.29 is 23.8 Å². The molecule has 0 aromatic heterocycles. The molecule has 1 aromatic carbocycles. The fourth-order valence-electron chi connectivity index (χ4n) is 2.42. The van der Waals surface area contributed by atoms with Gasteiger partial charge in [0.05, 0.1) is 13.7 Å². The number of thiol groups is 1. The molecule has 0 radical (unpaired) electrons. The third-order valence-electron chi connectivity index (χ3n) is 3.48. The van der Waals surface area contributed by atoms with Gasteiger partial charge in [0, 0.05) is 28.5 Å². The normalized spacial score (nSPS) is 15.2. The van der Waals surface area contributed by atoms with Gasteiger partial charge in [-0.15, -0.1) is 12.6 Å². The van der Waals surface area contributed by atoms with E-state index in [1.807, 2.05) is 0 Å². The number of halogens is 1. The van der Waals surface area contributed by atoms with Gasteiger partial charge < -0.3 is 19.1 Å². The second-order valence-electron chi connectivity index (χ2n) is 4.93. The zero-order valence-electron chi connectivity index (χ0n) is 13.3. The fraction of sp³-hybridized carbons (Fsp3) is 0.375. The Hall–Kier alpha value is -1.86. The monoisotopic (exact) mass is 371 g/mol. The molecule has 24 heavy (non-hydrogen) atoms. The largest absolute Gasteiger partial charge is 0.515 e. The summed E-state index contributed by atoms with van der Waals surface area (Å²) >= 11 is 10.6. The van der Waals surface area contributed by atoms with Crippen LogP contribution >= 0.6 is 24.2 Å². The molecule has 0 fully saturated rings. The van der Waals surface area contributed by atoms with Crippen LogP contribution in [0.4, 0.5) is 4.79 Å². The van der Waals surface area contributed by atoms with Crippen LogP contribution in [-0.4, -0.2) is 37.3 Å². The molecule has 0 unspecified atom stereocenters. The first-order valence-corrected chi connectivity index (χ1v) is 8.17. The molecule has 0 saturated heterocycles. The van der Waals surface area contributed by atoms with E-state index in [0.717, 1.165) is 0 Å². The Labute approximate surface area is 150 Å². The molecule has 6 nitrogen and oxygen atoms in total. The molecule has 0 aliphatic carbocycles. The quantitative estimate of drug-likeness (QED) is 0.631. The first kappa shape index (κ1) is 18.5. The van der Waals surface area contributed by atoms with Crippen molar-refractivity contribution >= 4 is 36.4 Å². The first-order chi connectivity index (χ1) is 11.5. The molecule has 0 spiro atoms. The lowest BCUT2D eigenvalue weighted by Gasteiger charge is -2.29. The maximum absolute atomic E-state index is 12.4. The summed E-state index contributed by atoms with van der Waals surface area (Å²) in [6, 6.07) is 6.09. The Morgan fingerprint density at radius 3 is 2.71 bits per heavy atom. The summed E-state index contributed by atoms with van der Waals surface area (Å²) < 4.78 is 14.9. The maximum Gasteiger partial charge on any atom is 0.515 e. The lowest BCUT2D eigenvalue weighted by Crippen LogP contribution is -2.34. The molecule has 1 atom stereocenters. The summed E-state index contributed by atoms with van der Waals surface area (Å²) in [7, 11) is 1.29. The Morgan fingerprint density at radius 2 is 2.08 bits per heavy atom. The molecular weight excluding hydrogens is 354 g/mol. The summed E-state index contributed by atoms with van der Waals surface area (Å²) in [5.74, 6) is -0.344. The summed E-state index contributed by atoms with van der Waals surface area (Å²) in [4.78, 5) is 26.2. The van der Waals surface area contributed by atoms with E-state index in [1.165, 1.54) is 7.11 Å². The van der Waals surface area contributed by atoms with Crippen LogP contribution in [0.2, 0.25) is 5.02 Å². The Bertz CT molecular complexity index is 664. The minimum atomic E-state index is -0.853. The minimum Gasteiger partial charge on any atom is -0.467 e. The first-order valence-electron chi connectivity index (χ1n) is 7.35. The standard InChI is InChI=1S/C16H18ClNO5S/c1-3-22-16(20)23-14-12(24)8-9-18(14)13(15(19)21-2)10-6-4-5-7-11(10)17/h4-7,13,24H,3,8-9H2,1-2H3/t13-/m0/s1. The van der Waals surface area contributed by atoms with E-state index in [0.29, 0.717) is 28.5 Å². The van der Waals surface area contributed by atoms with Crippen molar-refractivity contribution in [3.05, 3.63) is 45.6 Å². The van der Waals surface area contributed by atoms with Crippen LogP contribution in [0.5, 0.6) is 0 Å². The van der Waals surface area contributed by atoms with E-state index in [2.05, 4.69) is 12.6 Å². The van der Waals surface area contributed by atoms with Crippen LogP contribution in [0.25, 0.3) is 0 Å². The molecule has 0 bridgehead atoms. The zero-order valence-corrected chi connectivity index (χ0v) is 15.0. The van der Waals surface area contributed by atoms with Gasteiger partial charge in [-0.1, -0.05) is 29.8 Å². The van der Waals surface area contributed by atoms with E-state index in [9.17, 15) is 9.59 Å². The molecule has 0 N–H and O–H groups in total. The van der Waals surface area contributed by atoms with Crippen LogP contribution in [0.1, 0.15) is 24.9 Å². The number of nitrogens with zero attached hydrogens (tertiary/aromatic N) is 1. The zero-order chi connectivity index (χ0) is 17.7. The fourth-order valence-corrected chi connectivity index (χ4v) is 2.93. The van der Waals surface area contributed by atoms with E-state index >= 15 is 0 Å². The van der Waals surface area contributed by atoms with Gasteiger partial charge in [-0.05, 0) is 13.0 Å². The van der Waals surface area contributed by atoms with Crippen molar-refractivity contribution in [2.24, 2.45) is 0 Å². The average Bonchev–Trinajstić information content (AvgIpc) is 2.90. The number of methoxy groups -OCH3 is 1. The summed E-state index contributed by atoms with van der Waals surface area (Å²) in [5.41, 5.74) is 0.555. The summed E-state index contributed by atoms with van der Waals surface area (Å²) in [6.07, 6.45) is -0.329. The van der Waals surface area contributed by atoms with Crippen LogP contribution in [0.3, 0.4) is 0 Å². The molecule has 8 heteroatoms. The highest BCUT2D eigenvalue weighted by molar-refractivity contribution is 7.84. The number of rotatable bonds is 5. The number of hydrogen-bond donors (Lipinski definition) is 1. The lowest BCUT2D eigenvalue weighted by atomic mass is 10.1. The van der Waals surface area contributed by atoms with Crippen LogP contribution in [0, 0.1) is 0 Å². The molecule has 0 saturated carbocycles. The van der Waals surface area contributed by atoms with Gasteiger partial charge in [-0.25, -0.2) is 9.59 Å². The van der Waals surface area contributed by atoms with Gasteiger partial charge >= 0.3 is 12.1 Å². The van der Waals surface area contributed by atoms with Gasteiger partial charge in [0.25, 0.3) is 0 Å². The topological polar surface area (TPSA) is 65.1 Å². The van der Waals surface area contributed by atoms with E-state index < -0.39 is 18.2 Å². The summed E-state index contributed by atoms with van der Waals surface area (Å²) in [5, 5.41) is 0.413. The predicted octanol–water partition coefficient (Wildman–Crippen LogP) is 3.53. The lowest BCUT2D eigenvalue weighted by molar-refractivity contribution is -0.147. The average molecular weight is 372 g/mol. The van der Waals surface area contributed by atoms with Crippen molar-refractivity contribution in [3.8, 4) is 0 Å². The van der Waals surface area contributed by atoms with Crippen molar-refractivity contribution in [2.45, 2.75) is 19.4 Å². The molecule has 1 heterocycles. The minimum absolute atomic E-state index is 0.173. The van der Waals surface area contributed by atoms with E-state index in [-0.39, 0.29) is 12.5 Å². The van der Waals surface area contributed by atoms with Gasteiger partial charge in [-0.2, -0.15) is 0 Å². The maximum atomic E-state index is 12.4. The second kappa shape index (κ2) is 8.30. The highest BCUT2D eigenvalue weighted by Crippen LogP contribution is 2.37. The third-order valence-corrected chi connectivity index (χ3v) is 4.23. The second-order valence-corrected chi connectivity index (χ2v) is 5.87. The Morgan fingerprint density at radius 1 is 1.38 bits per heavy atom. The van der Waals surface area contributed by atoms with Crippen molar-refractivity contribution in [1.82, 2.24) is 4.90 Å². The van der Waals surface area contributed by atoms with Crippen LogP contribution < -0.4 is 0 Å². The highest BCUT2D eigenvalue weighted by atomic mass is 35.5. The molecule has 0 amide bonds. The molecule has 2 rings (SSSR count). The smallest absolute Gasteiger partial charge is 0.467 e. The van der Waals surface area contributed by atoms with Crippen molar-refractivity contribution in [2.75, 3.05) is 20.3 Å². The van der Waals surface area contributed by atoms with Gasteiger partial charge in [-0.3, -0.25) is 0 Å². The van der Waals surface area contributed by atoms with Gasteiger partial charge in [0.15, 0.2) is 6.04 Å². The molecular formula is C16H18ClNO5S. The SMILES string of the molecule is CCOC(=O)OC1=C(S)CCN1[C@H](C(=O)OC)c1ccccc1Cl. The number of carbonyl (C=O) groups excluding carboxylic acids is 2. The number of hydrogen-bond acceptors (Lipinski definition) is 7. The Kier molecular flexibility index (Phi) is 6.39. The van der Waals surface area contributed by atoms with Crippen LogP contribution in [-0.2, 0) is 19.0 Å². The molecule has 1 aromatic rings. The van der Waals surface area contributed by atoms with Crippen molar-refractivity contribution in [3.63, 3.8) is 0 Å².